The van der Waals surface area contributed by atoms with E-state index < -0.39 is 10.0 Å². The largest absolute Gasteiger partial charge is 0.495 e. The van der Waals surface area contributed by atoms with Gasteiger partial charge in [0.1, 0.15) is 5.75 Å². The van der Waals surface area contributed by atoms with Crippen LogP contribution >= 0.6 is 22.9 Å². The summed E-state index contributed by atoms with van der Waals surface area (Å²) in [6, 6.07) is 4.34. The Bertz CT molecular complexity index is 747. The summed E-state index contributed by atoms with van der Waals surface area (Å²) in [7, 11) is -0.343. The molecule has 0 spiro atoms. The van der Waals surface area contributed by atoms with Crippen LogP contribution in [0.4, 0.5) is 5.13 Å². The summed E-state index contributed by atoms with van der Waals surface area (Å²) < 4.78 is 31.9. The van der Waals surface area contributed by atoms with Crippen molar-refractivity contribution in [2.24, 2.45) is 0 Å². The Balaban J connectivity index is 2.00. The van der Waals surface area contributed by atoms with Crippen LogP contribution < -0.4 is 14.8 Å². The molecule has 120 valence electrons. The van der Waals surface area contributed by atoms with Gasteiger partial charge < -0.3 is 10.1 Å². The Morgan fingerprint density at radius 2 is 2.18 bits per heavy atom. The van der Waals surface area contributed by atoms with Gasteiger partial charge in [-0.15, -0.1) is 11.3 Å². The molecule has 1 aromatic heterocycles. The molecule has 1 aromatic carbocycles. The molecule has 2 rings (SSSR count). The van der Waals surface area contributed by atoms with Crippen LogP contribution in [0.25, 0.3) is 0 Å². The molecule has 2 aromatic rings. The average molecular weight is 362 g/mol. The minimum atomic E-state index is -3.61. The lowest BCUT2D eigenvalue weighted by Gasteiger charge is -2.08. The summed E-state index contributed by atoms with van der Waals surface area (Å²) in [5.41, 5.74) is 0.838. The summed E-state index contributed by atoms with van der Waals surface area (Å²) in [4.78, 5) is 4.40. The Labute approximate surface area is 138 Å². The highest BCUT2D eigenvalue weighted by atomic mass is 35.5. The summed E-state index contributed by atoms with van der Waals surface area (Å²) in [6.07, 6.45) is 0.515. The van der Waals surface area contributed by atoms with Crippen molar-refractivity contribution in [1.82, 2.24) is 9.71 Å². The van der Waals surface area contributed by atoms with E-state index in [0.29, 0.717) is 12.2 Å². The number of ether oxygens (including phenoxy) is 1. The number of anilines is 1. The van der Waals surface area contributed by atoms with E-state index in [1.165, 1.54) is 36.6 Å². The fraction of sp³-hybridized carbons (Fsp3) is 0.308. The molecule has 0 aliphatic heterocycles. The third kappa shape index (κ3) is 4.10. The monoisotopic (exact) mass is 361 g/mol. The number of hydrogen-bond donors (Lipinski definition) is 2. The molecule has 9 heteroatoms. The molecule has 6 nitrogen and oxygen atoms in total. The van der Waals surface area contributed by atoms with Gasteiger partial charge in [0.15, 0.2) is 5.13 Å². The molecule has 0 bridgehead atoms. The molecule has 0 atom stereocenters. The Morgan fingerprint density at radius 1 is 1.41 bits per heavy atom. The molecule has 2 N–H and O–H groups in total. The van der Waals surface area contributed by atoms with E-state index in [4.69, 9.17) is 16.3 Å². The highest BCUT2D eigenvalue weighted by Gasteiger charge is 2.15. The topological polar surface area (TPSA) is 80.3 Å². The summed E-state index contributed by atoms with van der Waals surface area (Å²) in [6.45, 7) is 0.263. The normalized spacial score (nSPS) is 11.4. The van der Waals surface area contributed by atoms with E-state index in [2.05, 4.69) is 15.0 Å². The van der Waals surface area contributed by atoms with Crippen LogP contribution in [0.5, 0.6) is 5.75 Å². The molecule has 0 aliphatic carbocycles. The number of nitrogens with one attached hydrogen (secondary N) is 2. The number of nitrogens with zero attached hydrogens (tertiary/aromatic N) is 1. The van der Waals surface area contributed by atoms with E-state index in [-0.39, 0.29) is 16.5 Å². The zero-order chi connectivity index (χ0) is 16.2. The summed E-state index contributed by atoms with van der Waals surface area (Å²) in [5, 5.41) is 5.89. The first-order valence-corrected chi connectivity index (χ1v) is 9.15. The summed E-state index contributed by atoms with van der Waals surface area (Å²) >= 11 is 7.43. The van der Waals surface area contributed by atoms with Gasteiger partial charge >= 0.3 is 0 Å². The van der Waals surface area contributed by atoms with Gasteiger partial charge in [0, 0.05) is 25.4 Å². The Hall–Kier alpha value is -1.35. The Morgan fingerprint density at radius 3 is 2.77 bits per heavy atom. The fourth-order valence-electron chi connectivity index (χ4n) is 1.75. The zero-order valence-electron chi connectivity index (χ0n) is 12.1. The van der Waals surface area contributed by atoms with E-state index in [1.54, 1.807) is 7.05 Å². The smallest absolute Gasteiger partial charge is 0.240 e. The van der Waals surface area contributed by atoms with Crippen LogP contribution in [-0.2, 0) is 16.4 Å². The summed E-state index contributed by atoms with van der Waals surface area (Å²) in [5.74, 6) is 0.433. The van der Waals surface area contributed by atoms with Crippen LogP contribution in [0.2, 0.25) is 5.02 Å². The van der Waals surface area contributed by atoms with E-state index in [9.17, 15) is 8.42 Å². The molecule has 0 aliphatic rings. The number of aromatic nitrogens is 1. The van der Waals surface area contributed by atoms with Gasteiger partial charge in [0.25, 0.3) is 0 Å². The second-order valence-electron chi connectivity index (χ2n) is 4.34. The van der Waals surface area contributed by atoms with Crippen LogP contribution in [-0.4, -0.2) is 34.1 Å². The highest BCUT2D eigenvalue weighted by molar-refractivity contribution is 7.89. The average Bonchev–Trinajstić information content (AvgIpc) is 2.95. The third-order valence-electron chi connectivity index (χ3n) is 2.87. The lowest BCUT2D eigenvalue weighted by atomic mass is 10.3. The number of hydrogen-bond acceptors (Lipinski definition) is 6. The second-order valence-corrected chi connectivity index (χ2v) is 7.37. The standard InChI is InChI=1S/C13H16ClN3O3S2/c1-15-13-17-9(8-21-13)5-6-16-22(18,19)10-3-4-12(20-2)11(14)7-10/h3-4,7-8,16H,5-6H2,1-2H3,(H,15,17). The lowest BCUT2D eigenvalue weighted by molar-refractivity contribution is 0.414. The molecule has 0 unspecified atom stereocenters. The van der Waals surface area contributed by atoms with Crippen LogP contribution in [0, 0.1) is 0 Å². The molecule has 0 fully saturated rings. The van der Waals surface area contributed by atoms with Gasteiger partial charge in [0.05, 0.1) is 22.7 Å². The highest BCUT2D eigenvalue weighted by Crippen LogP contribution is 2.26. The third-order valence-corrected chi connectivity index (χ3v) is 5.54. The van der Waals surface area contributed by atoms with Gasteiger partial charge in [-0.05, 0) is 18.2 Å². The Kier molecular flexibility index (Phi) is 5.63. The predicted octanol–water partition coefficient (Wildman–Crippen LogP) is 2.37. The van der Waals surface area contributed by atoms with E-state index in [1.807, 2.05) is 5.38 Å². The maximum absolute atomic E-state index is 12.2. The molecule has 0 radical (unpaired) electrons. The molecule has 0 amide bonds. The van der Waals surface area contributed by atoms with Crippen LogP contribution in [0.1, 0.15) is 5.69 Å². The molecule has 0 saturated carbocycles. The molecule has 22 heavy (non-hydrogen) atoms. The van der Waals surface area contributed by atoms with Gasteiger partial charge in [-0.3, -0.25) is 0 Å². The van der Waals surface area contributed by atoms with Crippen molar-refractivity contribution in [3.63, 3.8) is 0 Å². The van der Waals surface area contributed by atoms with Crippen molar-refractivity contribution in [1.29, 1.82) is 0 Å². The van der Waals surface area contributed by atoms with Crippen molar-refractivity contribution in [2.75, 3.05) is 26.0 Å². The molecule has 1 heterocycles. The molecule has 0 saturated heterocycles. The van der Waals surface area contributed by atoms with E-state index in [0.717, 1.165) is 10.8 Å². The first kappa shape index (κ1) is 17.0. The zero-order valence-corrected chi connectivity index (χ0v) is 14.5. The van der Waals surface area contributed by atoms with E-state index >= 15 is 0 Å². The maximum atomic E-state index is 12.2. The number of methoxy groups -OCH3 is 1. The molecular weight excluding hydrogens is 346 g/mol. The minimum Gasteiger partial charge on any atom is -0.495 e. The molecular formula is C13H16ClN3O3S2. The number of halogens is 1. The van der Waals surface area contributed by atoms with Crippen molar-refractivity contribution in [3.8, 4) is 5.75 Å². The van der Waals surface area contributed by atoms with Gasteiger partial charge in [-0.1, -0.05) is 11.6 Å². The first-order chi connectivity index (χ1) is 10.5. The first-order valence-electron chi connectivity index (χ1n) is 6.41. The van der Waals surface area contributed by atoms with Crippen molar-refractivity contribution >= 4 is 38.1 Å². The van der Waals surface area contributed by atoms with Crippen molar-refractivity contribution in [2.45, 2.75) is 11.3 Å². The van der Waals surface area contributed by atoms with Crippen molar-refractivity contribution < 1.29 is 13.2 Å². The van der Waals surface area contributed by atoms with Crippen LogP contribution in [0.15, 0.2) is 28.5 Å². The van der Waals surface area contributed by atoms with Crippen molar-refractivity contribution in [3.05, 3.63) is 34.3 Å². The second kappa shape index (κ2) is 7.28. The number of benzene rings is 1. The SMILES string of the molecule is CNc1nc(CCNS(=O)(=O)c2ccc(OC)c(Cl)c2)cs1. The quantitative estimate of drug-likeness (QED) is 0.791. The van der Waals surface area contributed by atoms with Crippen LogP contribution in [0.3, 0.4) is 0 Å². The number of sulfonamides is 1. The predicted molar refractivity (Wildman–Crippen MR) is 88.6 cm³/mol. The fourth-order valence-corrected chi connectivity index (χ4v) is 3.83. The number of rotatable bonds is 7. The van der Waals surface area contributed by atoms with Gasteiger partial charge in [-0.2, -0.15) is 0 Å². The number of thiazole rings is 1. The van der Waals surface area contributed by atoms with Gasteiger partial charge in [-0.25, -0.2) is 18.1 Å². The maximum Gasteiger partial charge on any atom is 0.240 e. The minimum absolute atomic E-state index is 0.104. The van der Waals surface area contributed by atoms with Gasteiger partial charge in [0.2, 0.25) is 10.0 Å². The lowest BCUT2D eigenvalue weighted by Crippen LogP contribution is -2.26.